The number of amides is 1. The summed E-state index contributed by atoms with van der Waals surface area (Å²) in [6, 6.07) is 0. The SMILES string of the molecule is CCCOC(=O)C/C=C\CCCCCCCCCCN(CCCCCCCCCC/C=C\CC(=O)OCCC)C(=O)SCN(C)C. The lowest BCUT2D eigenvalue weighted by Crippen LogP contribution is -2.31. The first kappa shape index (κ1) is 44.2. The minimum atomic E-state index is -0.127. The van der Waals surface area contributed by atoms with Gasteiger partial charge in [-0.25, -0.2) is 0 Å². The Bertz CT molecular complexity index is 735. The molecule has 0 spiro atoms. The second-order valence-corrected chi connectivity index (χ2v) is 13.5. The highest BCUT2D eigenvalue weighted by Crippen LogP contribution is 2.16. The molecule has 0 bridgehead atoms. The van der Waals surface area contributed by atoms with Crippen LogP contribution in [-0.2, 0) is 19.1 Å². The largest absolute Gasteiger partial charge is 0.465 e. The van der Waals surface area contributed by atoms with Gasteiger partial charge in [0.05, 0.1) is 31.9 Å². The third-order valence-electron chi connectivity index (χ3n) is 7.64. The molecule has 1 amide bonds. The van der Waals surface area contributed by atoms with Crippen LogP contribution in [0.15, 0.2) is 24.3 Å². The van der Waals surface area contributed by atoms with Gasteiger partial charge in [0.15, 0.2) is 0 Å². The zero-order valence-electron chi connectivity index (χ0n) is 30.2. The third kappa shape index (κ3) is 32.2. The van der Waals surface area contributed by atoms with Crippen molar-refractivity contribution >= 4 is 28.9 Å². The number of esters is 2. The molecule has 0 unspecified atom stereocenters. The van der Waals surface area contributed by atoms with Crippen LogP contribution in [0.5, 0.6) is 0 Å². The smallest absolute Gasteiger partial charge is 0.309 e. The fraction of sp³-hybridized carbons (Fsp3) is 0.816. The molecule has 0 aromatic heterocycles. The van der Waals surface area contributed by atoms with Crippen molar-refractivity contribution in [3.63, 3.8) is 0 Å². The lowest BCUT2D eigenvalue weighted by atomic mass is 10.1. The van der Waals surface area contributed by atoms with Crippen LogP contribution in [0.4, 0.5) is 4.79 Å². The molecule has 0 atom stereocenters. The number of unbranched alkanes of at least 4 members (excludes halogenated alkanes) is 16. The molecule has 0 saturated heterocycles. The number of thioether (sulfide) groups is 1. The van der Waals surface area contributed by atoms with Crippen LogP contribution in [0.25, 0.3) is 0 Å². The van der Waals surface area contributed by atoms with Crippen molar-refractivity contribution in [3.05, 3.63) is 24.3 Å². The zero-order valence-corrected chi connectivity index (χ0v) is 31.1. The third-order valence-corrected chi connectivity index (χ3v) is 8.79. The molecule has 0 heterocycles. The van der Waals surface area contributed by atoms with E-state index in [-0.39, 0.29) is 17.2 Å². The molecule has 0 aliphatic carbocycles. The summed E-state index contributed by atoms with van der Waals surface area (Å²) in [6.45, 7) is 6.80. The van der Waals surface area contributed by atoms with E-state index in [1.165, 1.54) is 102 Å². The summed E-state index contributed by atoms with van der Waals surface area (Å²) in [4.78, 5) is 40.0. The van der Waals surface area contributed by atoms with E-state index in [1.54, 1.807) is 0 Å². The van der Waals surface area contributed by atoms with E-state index >= 15 is 0 Å². The minimum Gasteiger partial charge on any atom is -0.465 e. The number of ether oxygens (including phenoxy) is 2. The van der Waals surface area contributed by atoms with Crippen LogP contribution in [0.1, 0.15) is 155 Å². The number of carbonyl (C=O) groups is 3. The van der Waals surface area contributed by atoms with Crippen molar-refractivity contribution in [1.82, 2.24) is 9.80 Å². The number of nitrogens with zero attached hydrogens (tertiary/aromatic N) is 2. The van der Waals surface area contributed by atoms with Gasteiger partial charge in [-0.1, -0.05) is 115 Å². The molecule has 0 radical (unpaired) electrons. The Morgan fingerprint density at radius 2 is 0.913 bits per heavy atom. The molecule has 0 fully saturated rings. The maximum Gasteiger partial charge on any atom is 0.309 e. The minimum absolute atomic E-state index is 0.127. The van der Waals surface area contributed by atoms with E-state index in [0.717, 1.165) is 57.5 Å². The van der Waals surface area contributed by atoms with Gasteiger partial charge in [0.2, 0.25) is 0 Å². The van der Waals surface area contributed by atoms with Gasteiger partial charge in [-0.05, 0) is 77.2 Å². The maximum absolute atomic E-state index is 12.9. The van der Waals surface area contributed by atoms with Crippen molar-refractivity contribution in [3.8, 4) is 0 Å². The second-order valence-electron chi connectivity index (χ2n) is 12.6. The first-order chi connectivity index (χ1) is 22.4. The average molecular weight is 667 g/mol. The van der Waals surface area contributed by atoms with Gasteiger partial charge in [0, 0.05) is 13.1 Å². The molecule has 268 valence electrons. The van der Waals surface area contributed by atoms with Gasteiger partial charge < -0.3 is 14.4 Å². The number of allylic oxidation sites excluding steroid dienone is 2. The Labute approximate surface area is 287 Å². The summed E-state index contributed by atoms with van der Waals surface area (Å²) in [7, 11) is 4.02. The van der Waals surface area contributed by atoms with Gasteiger partial charge in [0.1, 0.15) is 0 Å². The molecular weight excluding hydrogens is 596 g/mol. The summed E-state index contributed by atoms with van der Waals surface area (Å²) < 4.78 is 10.1. The summed E-state index contributed by atoms with van der Waals surface area (Å²) in [5, 5.41) is 0.229. The van der Waals surface area contributed by atoms with Crippen LogP contribution >= 0.6 is 11.8 Å². The molecule has 46 heavy (non-hydrogen) atoms. The Kier molecular flexibility index (Phi) is 33.2. The van der Waals surface area contributed by atoms with Gasteiger partial charge in [-0.3, -0.25) is 19.3 Å². The van der Waals surface area contributed by atoms with Crippen LogP contribution in [0, 0.1) is 0 Å². The van der Waals surface area contributed by atoms with Crippen molar-refractivity contribution < 1.29 is 23.9 Å². The molecule has 0 aromatic carbocycles. The molecular formula is C38H70N2O5S. The van der Waals surface area contributed by atoms with Gasteiger partial charge in [-0.15, -0.1) is 0 Å². The molecule has 8 heteroatoms. The molecule has 0 N–H and O–H groups in total. The molecule has 0 aliphatic heterocycles. The van der Waals surface area contributed by atoms with Gasteiger partial charge in [0.25, 0.3) is 5.24 Å². The zero-order chi connectivity index (χ0) is 33.9. The molecule has 0 aromatic rings. The van der Waals surface area contributed by atoms with E-state index in [9.17, 15) is 14.4 Å². The van der Waals surface area contributed by atoms with Crippen LogP contribution in [0.3, 0.4) is 0 Å². The Morgan fingerprint density at radius 3 is 1.28 bits per heavy atom. The Hall–Kier alpha value is -1.80. The Balaban J connectivity index is 3.90. The van der Waals surface area contributed by atoms with E-state index < -0.39 is 0 Å². The number of hydrogen-bond acceptors (Lipinski definition) is 7. The first-order valence-electron chi connectivity index (χ1n) is 18.6. The Morgan fingerprint density at radius 1 is 0.543 bits per heavy atom. The van der Waals surface area contributed by atoms with Crippen molar-refractivity contribution in [1.29, 1.82) is 0 Å². The summed E-state index contributed by atoms with van der Waals surface area (Å²) >= 11 is 1.43. The van der Waals surface area contributed by atoms with Crippen molar-refractivity contribution in [2.24, 2.45) is 0 Å². The normalized spacial score (nSPS) is 11.6. The average Bonchev–Trinajstić information content (AvgIpc) is 3.04. The topological polar surface area (TPSA) is 76.1 Å². The molecule has 0 aliphatic rings. The quantitative estimate of drug-likeness (QED) is 0.0306. The summed E-state index contributed by atoms with van der Waals surface area (Å²) in [6.07, 6.45) is 32.3. The van der Waals surface area contributed by atoms with E-state index in [0.29, 0.717) is 26.1 Å². The standard InChI is InChI=1S/C38H70N2O5S/c1-5-33-44-36(41)29-25-21-17-13-9-7-11-15-19-23-27-31-40(38(43)46-35-39(3)4)32-28-24-20-16-12-8-10-14-18-22-26-30-37(42)45-34-6-2/h21-22,25-26H,5-20,23-24,27-35H2,1-4H3/b25-21-,26-22-. The van der Waals surface area contributed by atoms with Gasteiger partial charge >= 0.3 is 11.9 Å². The van der Waals surface area contributed by atoms with Crippen LogP contribution in [0.2, 0.25) is 0 Å². The maximum atomic E-state index is 12.9. The lowest BCUT2D eigenvalue weighted by Gasteiger charge is -2.23. The lowest BCUT2D eigenvalue weighted by molar-refractivity contribution is -0.143. The highest BCUT2D eigenvalue weighted by Gasteiger charge is 2.14. The molecule has 7 nitrogen and oxygen atoms in total. The predicted octanol–water partition coefficient (Wildman–Crippen LogP) is 10.5. The van der Waals surface area contributed by atoms with Crippen molar-refractivity contribution in [2.45, 2.75) is 155 Å². The van der Waals surface area contributed by atoms with Crippen LogP contribution in [-0.4, -0.2) is 73.3 Å². The summed E-state index contributed by atoms with van der Waals surface area (Å²) in [5.41, 5.74) is 0. The second kappa shape index (κ2) is 34.5. The number of rotatable bonds is 32. The molecule has 0 saturated carbocycles. The number of carbonyl (C=O) groups excluding carboxylic acids is 3. The molecule has 0 rings (SSSR count). The monoisotopic (exact) mass is 667 g/mol. The van der Waals surface area contributed by atoms with E-state index in [2.05, 4.69) is 22.0 Å². The fourth-order valence-corrected chi connectivity index (χ4v) is 5.70. The van der Waals surface area contributed by atoms with Crippen LogP contribution < -0.4 is 0 Å². The van der Waals surface area contributed by atoms with E-state index in [1.807, 2.05) is 40.1 Å². The van der Waals surface area contributed by atoms with E-state index in [4.69, 9.17) is 9.47 Å². The highest BCUT2D eigenvalue weighted by atomic mass is 32.2. The van der Waals surface area contributed by atoms with Gasteiger partial charge in [-0.2, -0.15) is 0 Å². The van der Waals surface area contributed by atoms with Crippen molar-refractivity contribution in [2.75, 3.05) is 46.3 Å². The summed E-state index contributed by atoms with van der Waals surface area (Å²) in [5.74, 6) is 0.480. The fourth-order valence-electron chi connectivity index (χ4n) is 4.97. The first-order valence-corrected chi connectivity index (χ1v) is 19.6. The predicted molar refractivity (Wildman–Crippen MR) is 196 cm³/mol. The highest BCUT2D eigenvalue weighted by molar-refractivity contribution is 8.13. The number of hydrogen-bond donors (Lipinski definition) is 0.